The van der Waals surface area contributed by atoms with E-state index in [-0.39, 0.29) is 22.9 Å². The van der Waals surface area contributed by atoms with Gasteiger partial charge in [-0.25, -0.2) is 0 Å². The number of hydrogen-bond donors (Lipinski definition) is 0. The molecule has 0 saturated carbocycles. The van der Waals surface area contributed by atoms with Crippen molar-refractivity contribution in [1.29, 1.82) is 0 Å². The van der Waals surface area contributed by atoms with E-state index in [1.54, 1.807) is 18.3 Å². The first-order valence-electron chi connectivity index (χ1n) is 15.7. The molecule has 3 aromatic rings. The van der Waals surface area contributed by atoms with Crippen LogP contribution in [0.1, 0.15) is 107 Å². The number of benzene rings is 2. The number of thiazole rings is 1. The van der Waals surface area contributed by atoms with Crippen molar-refractivity contribution in [2.75, 3.05) is 18.1 Å². The van der Waals surface area contributed by atoms with Crippen LogP contribution < -0.4 is 31.2 Å². The number of ether oxygens (including phenoxy) is 1. The molecule has 0 aliphatic carbocycles. The maximum absolute atomic E-state index is 12.5. The molecule has 0 bridgehead atoms. The predicted octanol–water partition coefficient (Wildman–Crippen LogP) is 6.73. The molecule has 1 aromatic heterocycles. The average Bonchev–Trinajstić information content (AvgIpc) is 3.37. The Morgan fingerprint density at radius 2 is 1.48 bits per heavy atom. The highest BCUT2D eigenvalue weighted by Gasteiger charge is 2.14. The highest BCUT2D eigenvalue weighted by Crippen LogP contribution is 2.27. The van der Waals surface area contributed by atoms with Crippen molar-refractivity contribution in [3.05, 3.63) is 75.2 Å². The van der Waals surface area contributed by atoms with E-state index < -0.39 is 0 Å². The number of carbonyl (C=O) groups is 1. The van der Waals surface area contributed by atoms with Crippen molar-refractivity contribution in [2.24, 2.45) is 0 Å². The summed E-state index contributed by atoms with van der Waals surface area (Å²) in [5.74, 6) is 0.783. The molecule has 3 rings (SSSR count). The smallest absolute Gasteiger partial charge is 0.225 e. The predicted molar refractivity (Wildman–Crippen MR) is 175 cm³/mol. The van der Waals surface area contributed by atoms with Gasteiger partial charge in [-0.05, 0) is 49.6 Å². The van der Waals surface area contributed by atoms with Crippen LogP contribution in [0.3, 0.4) is 0 Å². The summed E-state index contributed by atoms with van der Waals surface area (Å²) < 4.78 is 8.25. The Kier molecular flexibility index (Phi) is 18.1. The van der Waals surface area contributed by atoms with Crippen molar-refractivity contribution < 1.29 is 31.1 Å². The second kappa shape index (κ2) is 20.9. The molecule has 1 heterocycles. The van der Waals surface area contributed by atoms with Crippen LogP contribution in [0.2, 0.25) is 5.02 Å². The third-order valence-corrected chi connectivity index (χ3v) is 8.76. The van der Waals surface area contributed by atoms with E-state index in [9.17, 15) is 4.79 Å². The molecule has 232 valence electrons. The van der Waals surface area contributed by atoms with Crippen molar-refractivity contribution in [3.63, 3.8) is 0 Å². The van der Waals surface area contributed by atoms with Crippen LogP contribution in [0.25, 0.3) is 0 Å². The molecule has 7 heteroatoms. The summed E-state index contributed by atoms with van der Waals surface area (Å²) in [6, 6.07) is 14.3. The quantitative estimate of drug-likeness (QED) is 0.0983. The zero-order valence-electron chi connectivity index (χ0n) is 25.9. The molecular formula is C35H50BrClN2O2S. The van der Waals surface area contributed by atoms with E-state index >= 15 is 0 Å². The summed E-state index contributed by atoms with van der Waals surface area (Å²) in [6.07, 6.45) is 18.8. The molecule has 0 unspecified atom stereocenters. The Hall–Kier alpha value is -1.89. The number of anilines is 1. The van der Waals surface area contributed by atoms with Gasteiger partial charge in [0, 0.05) is 24.7 Å². The third kappa shape index (κ3) is 13.6. The van der Waals surface area contributed by atoms with Crippen LogP contribution in [0, 0.1) is 6.92 Å². The lowest BCUT2D eigenvalue weighted by Gasteiger charge is -2.21. The Labute approximate surface area is 274 Å². The molecule has 0 saturated heterocycles. The number of hydrogen-bond acceptors (Lipinski definition) is 3. The first kappa shape index (κ1) is 36.3. The summed E-state index contributed by atoms with van der Waals surface area (Å²) in [7, 11) is 0. The van der Waals surface area contributed by atoms with Gasteiger partial charge >= 0.3 is 0 Å². The van der Waals surface area contributed by atoms with Crippen LogP contribution in [0.15, 0.2) is 54.2 Å². The van der Waals surface area contributed by atoms with Gasteiger partial charge in [-0.15, -0.1) is 0 Å². The van der Waals surface area contributed by atoms with E-state index in [4.69, 9.17) is 16.3 Å². The van der Waals surface area contributed by atoms with Crippen LogP contribution in [0.5, 0.6) is 5.75 Å². The van der Waals surface area contributed by atoms with Crippen LogP contribution >= 0.6 is 22.9 Å². The minimum atomic E-state index is 0. The number of carbonyl (C=O) groups excluding carboxylic acids is 1. The second-order valence-electron chi connectivity index (χ2n) is 11.2. The second-order valence-corrected chi connectivity index (χ2v) is 12.7. The molecule has 4 nitrogen and oxygen atoms in total. The molecule has 0 aliphatic heterocycles. The lowest BCUT2D eigenvalue weighted by Crippen LogP contribution is -3.00. The zero-order valence-corrected chi connectivity index (χ0v) is 29.0. The summed E-state index contributed by atoms with van der Waals surface area (Å²) in [4.78, 5) is 15.6. The molecule has 2 aromatic carbocycles. The highest BCUT2D eigenvalue weighted by atomic mass is 79.9. The Morgan fingerprint density at radius 3 is 2.05 bits per heavy atom. The zero-order chi connectivity index (χ0) is 29.3. The fraction of sp³-hybridized carbons (Fsp3) is 0.543. The average molecular weight is 678 g/mol. The Bertz CT molecular complexity index is 1170. The van der Waals surface area contributed by atoms with Gasteiger partial charge in [0.25, 0.3) is 0 Å². The van der Waals surface area contributed by atoms with Crippen LogP contribution in [0.4, 0.5) is 5.69 Å². The monoisotopic (exact) mass is 676 g/mol. The van der Waals surface area contributed by atoms with Gasteiger partial charge in [-0.3, -0.25) is 4.79 Å². The minimum absolute atomic E-state index is 0. The van der Waals surface area contributed by atoms with Gasteiger partial charge in [0.2, 0.25) is 11.4 Å². The number of aryl methyl sites for hydroxylation is 1. The fourth-order valence-electron chi connectivity index (χ4n) is 5.17. The molecule has 0 aliphatic rings. The molecule has 0 spiro atoms. The first-order valence-corrected chi connectivity index (χ1v) is 16.9. The molecular weight excluding hydrogens is 628 g/mol. The van der Waals surface area contributed by atoms with E-state index in [2.05, 4.69) is 42.3 Å². The molecule has 0 N–H and O–H groups in total. The lowest BCUT2D eigenvalue weighted by atomic mass is 10.1. The third-order valence-electron chi connectivity index (χ3n) is 7.59. The minimum Gasteiger partial charge on any atom is -1.00 e. The standard InChI is InChI=1S/C35H50ClN2O2S.BrH/c1-4-5-6-7-8-9-10-11-12-13-14-15-24-40-35-25-31(18-21-34(35)36)22-23-38(30(3)39)33-19-16-32(17-20-33)27-37-26-29(2)41-28-37;/h16-21,25-26,28H,4-15,22-24,27H2,1-3H3;1H/q+1;/p-1. The van der Waals surface area contributed by atoms with Gasteiger partial charge in [0.15, 0.2) is 12.7 Å². The molecule has 1 amide bonds. The van der Waals surface area contributed by atoms with Crippen molar-refractivity contribution in [2.45, 2.75) is 111 Å². The Morgan fingerprint density at radius 1 is 0.881 bits per heavy atom. The van der Waals surface area contributed by atoms with Crippen molar-refractivity contribution >= 4 is 34.5 Å². The molecule has 0 fully saturated rings. The van der Waals surface area contributed by atoms with Gasteiger partial charge in [-0.1, -0.05) is 119 Å². The molecule has 0 atom stereocenters. The Balaban J connectivity index is 0.00000616. The summed E-state index contributed by atoms with van der Waals surface area (Å²) in [5, 5.41) is 0.644. The van der Waals surface area contributed by atoms with Crippen molar-refractivity contribution in [1.82, 2.24) is 0 Å². The maximum Gasteiger partial charge on any atom is 0.225 e. The number of nitrogens with zero attached hydrogens (tertiary/aromatic N) is 2. The number of amides is 1. The largest absolute Gasteiger partial charge is 1.00 e. The van der Waals surface area contributed by atoms with Crippen LogP contribution in [-0.4, -0.2) is 19.1 Å². The fourth-order valence-corrected chi connectivity index (χ4v) is 5.97. The first-order chi connectivity index (χ1) is 20.0. The van der Waals surface area contributed by atoms with E-state index in [0.717, 1.165) is 36.4 Å². The highest BCUT2D eigenvalue weighted by molar-refractivity contribution is 7.09. The topological polar surface area (TPSA) is 33.4 Å². The van der Waals surface area contributed by atoms with Gasteiger partial charge in [-0.2, -0.15) is 4.57 Å². The SMILES string of the molecule is CCCCCCCCCCCCCCOc1cc(CCN(C(C)=O)c2ccc(C[n+]3csc(C)c3)cc2)ccc1Cl.[Br-]. The summed E-state index contributed by atoms with van der Waals surface area (Å²) in [6.45, 7) is 8.14. The number of aromatic nitrogens is 1. The van der Waals surface area contributed by atoms with Crippen LogP contribution in [-0.2, 0) is 17.8 Å². The number of unbranched alkanes of at least 4 members (excludes halogenated alkanes) is 11. The van der Waals surface area contributed by atoms with Crippen molar-refractivity contribution in [3.8, 4) is 5.75 Å². The number of rotatable bonds is 20. The van der Waals surface area contributed by atoms with E-state index in [1.165, 1.54) is 81.1 Å². The summed E-state index contributed by atoms with van der Waals surface area (Å²) in [5.41, 5.74) is 5.39. The van der Waals surface area contributed by atoms with E-state index in [0.29, 0.717) is 18.2 Å². The molecule has 0 radical (unpaired) electrons. The van der Waals surface area contributed by atoms with E-state index in [1.807, 2.05) is 35.2 Å². The number of halogens is 2. The van der Waals surface area contributed by atoms with Gasteiger partial charge < -0.3 is 26.6 Å². The normalized spacial score (nSPS) is 10.9. The summed E-state index contributed by atoms with van der Waals surface area (Å²) >= 11 is 8.19. The lowest BCUT2D eigenvalue weighted by molar-refractivity contribution is -0.683. The van der Waals surface area contributed by atoms with Gasteiger partial charge in [0.05, 0.1) is 16.5 Å². The molecule has 42 heavy (non-hydrogen) atoms. The van der Waals surface area contributed by atoms with Gasteiger partial charge in [0.1, 0.15) is 5.75 Å². The maximum atomic E-state index is 12.5.